The van der Waals surface area contributed by atoms with E-state index in [1.165, 1.54) is 372 Å². The predicted octanol–water partition coefficient (Wildman–Crippen LogP) is 26.2. The zero-order chi connectivity index (χ0) is 62.8. The molecule has 0 spiro atoms. The van der Waals surface area contributed by atoms with Gasteiger partial charge in [0, 0.05) is 12.8 Å². The Kier molecular flexibility index (Phi) is 74.8. The van der Waals surface area contributed by atoms with Crippen LogP contribution in [0.15, 0.2) is 36.5 Å². The summed E-state index contributed by atoms with van der Waals surface area (Å²) in [6.07, 6.45) is 99.9. The highest BCUT2D eigenvalue weighted by Crippen LogP contribution is 2.19. The summed E-state index contributed by atoms with van der Waals surface area (Å²) in [5.41, 5.74) is 0. The quantitative estimate of drug-likeness (QED) is 0.0320. The van der Waals surface area contributed by atoms with E-state index in [-0.39, 0.29) is 18.5 Å². The van der Waals surface area contributed by atoms with Crippen molar-refractivity contribution in [2.45, 2.75) is 456 Å². The van der Waals surface area contributed by atoms with Crippen molar-refractivity contribution in [1.82, 2.24) is 5.32 Å². The molecule has 0 saturated carbocycles. The Bertz CT molecular complexity index is 1410. The molecule has 2 unspecified atom stereocenters. The Labute approximate surface area is 544 Å². The Hall–Kier alpha value is -1.92. The molecule has 0 aliphatic rings. The number of aliphatic hydroxyl groups excluding tert-OH is 2. The first-order valence-corrected chi connectivity index (χ1v) is 39.8. The van der Waals surface area contributed by atoms with Gasteiger partial charge in [-0.25, -0.2) is 0 Å². The van der Waals surface area contributed by atoms with Gasteiger partial charge in [0.05, 0.1) is 25.4 Å². The lowest BCUT2D eigenvalue weighted by atomic mass is 10.0. The highest BCUT2D eigenvalue weighted by atomic mass is 16.5. The van der Waals surface area contributed by atoms with Crippen LogP contribution in [0.25, 0.3) is 0 Å². The third-order valence-electron chi connectivity index (χ3n) is 18.6. The predicted molar refractivity (Wildman–Crippen MR) is 384 cm³/mol. The third-order valence-corrected chi connectivity index (χ3v) is 18.6. The summed E-state index contributed by atoms with van der Waals surface area (Å²) < 4.78 is 5.50. The number of amides is 1. The minimum atomic E-state index is -0.842. The van der Waals surface area contributed by atoms with Crippen LogP contribution < -0.4 is 5.32 Å². The number of aliphatic hydroxyl groups is 2. The number of hydrogen-bond donors (Lipinski definition) is 3. The van der Waals surface area contributed by atoms with Gasteiger partial charge in [-0.1, -0.05) is 384 Å². The Morgan fingerprint density at radius 1 is 0.310 bits per heavy atom. The van der Waals surface area contributed by atoms with Gasteiger partial charge in [0.25, 0.3) is 0 Å². The van der Waals surface area contributed by atoms with Crippen LogP contribution in [0.4, 0.5) is 0 Å². The Morgan fingerprint density at radius 3 is 0.816 bits per heavy atom. The van der Waals surface area contributed by atoms with Crippen molar-refractivity contribution in [3.05, 3.63) is 36.5 Å². The van der Waals surface area contributed by atoms with Crippen LogP contribution in [0.1, 0.15) is 444 Å². The first kappa shape index (κ1) is 85.1. The smallest absolute Gasteiger partial charge is 0.305 e. The van der Waals surface area contributed by atoms with Gasteiger partial charge in [-0.05, 0) is 83.5 Å². The van der Waals surface area contributed by atoms with Crippen molar-refractivity contribution >= 4 is 11.9 Å². The van der Waals surface area contributed by atoms with Gasteiger partial charge in [0.15, 0.2) is 0 Å². The average molecular weight is 1220 g/mol. The molecule has 0 rings (SSSR count). The molecular weight excluding hydrogens is 1070 g/mol. The molecule has 0 radical (unpaired) electrons. The standard InChI is InChI=1S/C81H155NO5/c1-3-5-7-9-11-13-15-17-19-42-45-49-53-57-61-65-69-73-79(84)78(77-83)82-80(85)74-70-66-62-58-54-50-46-43-40-38-36-34-32-30-28-26-24-22-21-23-25-27-29-31-33-35-37-39-41-44-48-52-56-60-64-68-72-76-87-81(86)75-71-67-63-59-55-51-47-20-18-16-14-12-10-8-6-4-2/h20-21,23,47,69,73,78-79,83-84H,3-19,22,24-46,48-68,70-72,74-77H2,1-2H3,(H,82,85)/b23-21-,47-20-,73-69+. The molecular formula is C81H155NO5. The second-order valence-corrected chi connectivity index (χ2v) is 27.4. The largest absolute Gasteiger partial charge is 0.466 e. The van der Waals surface area contributed by atoms with E-state index < -0.39 is 12.1 Å². The normalized spacial score (nSPS) is 12.6. The maximum absolute atomic E-state index is 12.5. The molecule has 1 amide bonds. The molecule has 87 heavy (non-hydrogen) atoms. The molecule has 6 nitrogen and oxygen atoms in total. The summed E-state index contributed by atoms with van der Waals surface area (Å²) in [6, 6.07) is -0.625. The highest BCUT2D eigenvalue weighted by Gasteiger charge is 2.18. The summed E-state index contributed by atoms with van der Waals surface area (Å²) in [5.74, 6) is -0.0460. The molecule has 514 valence electrons. The van der Waals surface area contributed by atoms with Crippen molar-refractivity contribution in [2.75, 3.05) is 13.2 Å². The minimum Gasteiger partial charge on any atom is -0.466 e. The van der Waals surface area contributed by atoms with Crippen LogP contribution in [0, 0.1) is 0 Å². The van der Waals surface area contributed by atoms with Crippen molar-refractivity contribution < 1.29 is 24.5 Å². The van der Waals surface area contributed by atoms with Crippen molar-refractivity contribution in [3.8, 4) is 0 Å². The van der Waals surface area contributed by atoms with Crippen molar-refractivity contribution in [1.29, 1.82) is 0 Å². The minimum absolute atomic E-state index is 0.0145. The van der Waals surface area contributed by atoms with E-state index >= 15 is 0 Å². The van der Waals surface area contributed by atoms with Gasteiger partial charge in [0.1, 0.15) is 0 Å². The molecule has 0 aromatic heterocycles. The number of rotatable bonds is 75. The van der Waals surface area contributed by atoms with Crippen LogP contribution in [0.2, 0.25) is 0 Å². The molecule has 0 aromatic carbocycles. The van der Waals surface area contributed by atoms with Gasteiger partial charge < -0.3 is 20.3 Å². The highest BCUT2D eigenvalue weighted by molar-refractivity contribution is 5.76. The van der Waals surface area contributed by atoms with Gasteiger partial charge in [-0.3, -0.25) is 9.59 Å². The number of allylic oxidation sites excluding steroid dienone is 5. The van der Waals surface area contributed by atoms with Gasteiger partial charge in [-0.15, -0.1) is 0 Å². The zero-order valence-electron chi connectivity index (χ0n) is 59.0. The van der Waals surface area contributed by atoms with E-state index in [0.29, 0.717) is 19.4 Å². The second kappa shape index (κ2) is 76.5. The van der Waals surface area contributed by atoms with Gasteiger partial charge in [-0.2, -0.15) is 0 Å². The number of unbranched alkanes of at least 4 members (excludes halogenated alkanes) is 60. The Balaban J connectivity index is 3.34. The summed E-state index contributed by atoms with van der Waals surface area (Å²) in [4.78, 5) is 24.6. The average Bonchev–Trinajstić information content (AvgIpc) is 3.53. The van der Waals surface area contributed by atoms with Crippen molar-refractivity contribution in [2.24, 2.45) is 0 Å². The maximum Gasteiger partial charge on any atom is 0.305 e. The van der Waals surface area contributed by atoms with E-state index in [1.807, 2.05) is 6.08 Å². The first-order valence-electron chi connectivity index (χ1n) is 39.8. The first-order chi connectivity index (χ1) is 43.0. The fourth-order valence-electron chi connectivity index (χ4n) is 12.6. The fraction of sp³-hybridized carbons (Fsp3) is 0.901. The van der Waals surface area contributed by atoms with E-state index in [0.717, 1.165) is 44.9 Å². The molecule has 2 atom stereocenters. The van der Waals surface area contributed by atoms with Crippen LogP contribution in [0.3, 0.4) is 0 Å². The molecule has 6 heteroatoms. The van der Waals surface area contributed by atoms with E-state index in [4.69, 9.17) is 4.74 Å². The number of hydrogen-bond acceptors (Lipinski definition) is 5. The van der Waals surface area contributed by atoms with Crippen LogP contribution >= 0.6 is 0 Å². The molecule has 0 aliphatic carbocycles. The van der Waals surface area contributed by atoms with E-state index in [9.17, 15) is 19.8 Å². The fourth-order valence-corrected chi connectivity index (χ4v) is 12.6. The maximum atomic E-state index is 12.5. The number of carbonyl (C=O) groups is 2. The molecule has 0 bridgehead atoms. The number of esters is 1. The van der Waals surface area contributed by atoms with Crippen molar-refractivity contribution in [3.63, 3.8) is 0 Å². The number of nitrogens with one attached hydrogen (secondary N) is 1. The lowest BCUT2D eigenvalue weighted by Gasteiger charge is -2.20. The van der Waals surface area contributed by atoms with E-state index in [1.54, 1.807) is 6.08 Å². The van der Waals surface area contributed by atoms with Crippen LogP contribution in [0.5, 0.6) is 0 Å². The third kappa shape index (κ3) is 73.0. The van der Waals surface area contributed by atoms with Crippen LogP contribution in [-0.4, -0.2) is 47.4 Å². The number of carbonyl (C=O) groups excluding carboxylic acids is 2. The van der Waals surface area contributed by atoms with Gasteiger partial charge >= 0.3 is 5.97 Å². The lowest BCUT2D eigenvalue weighted by molar-refractivity contribution is -0.143. The van der Waals surface area contributed by atoms with Gasteiger partial charge in [0.2, 0.25) is 5.91 Å². The molecule has 0 aliphatic heterocycles. The summed E-state index contributed by atoms with van der Waals surface area (Å²) in [7, 11) is 0. The Morgan fingerprint density at radius 2 is 0.540 bits per heavy atom. The molecule has 0 aromatic rings. The summed E-state index contributed by atoms with van der Waals surface area (Å²) in [5, 5.41) is 23.2. The second-order valence-electron chi connectivity index (χ2n) is 27.4. The molecule has 3 N–H and O–H groups in total. The molecule has 0 saturated heterocycles. The molecule has 0 fully saturated rings. The summed E-state index contributed by atoms with van der Waals surface area (Å²) >= 11 is 0. The summed E-state index contributed by atoms with van der Waals surface area (Å²) in [6.45, 7) is 4.94. The zero-order valence-corrected chi connectivity index (χ0v) is 59.0. The van der Waals surface area contributed by atoms with Crippen LogP contribution in [-0.2, 0) is 14.3 Å². The van der Waals surface area contributed by atoms with E-state index in [2.05, 4.69) is 43.5 Å². The molecule has 0 heterocycles. The monoisotopic (exact) mass is 1220 g/mol. The topological polar surface area (TPSA) is 95.9 Å². The lowest BCUT2D eigenvalue weighted by Crippen LogP contribution is -2.45. The number of ether oxygens (including phenoxy) is 1. The SMILES string of the molecule is CCCCCCCCC/C=C\CCCCCCCC(=O)OCCCCCCCCCCCCCCCCCC/C=C\CCCCCCCCCCCCCCCCCCCC(=O)NC(CO)C(O)/C=C/CCCCCCCCCCCCCCCCC.